The Morgan fingerprint density at radius 2 is 1.82 bits per heavy atom. The summed E-state index contributed by atoms with van der Waals surface area (Å²) in [5.74, 6) is 5.98. The summed E-state index contributed by atoms with van der Waals surface area (Å²) in [6.07, 6.45) is 3.90. The van der Waals surface area contributed by atoms with Gasteiger partial charge in [0.15, 0.2) is 0 Å². The molecule has 1 nitrogen and oxygen atoms in total. The lowest BCUT2D eigenvalue weighted by molar-refractivity contribution is -0.113. The van der Waals surface area contributed by atoms with Crippen molar-refractivity contribution in [1.29, 1.82) is 0 Å². The van der Waals surface area contributed by atoms with Crippen LogP contribution in [0.1, 0.15) is 71.9 Å². The molecule has 0 radical (unpaired) electrons. The Morgan fingerprint density at radius 1 is 1.18 bits per heavy atom. The molecule has 1 atom stereocenters. The van der Waals surface area contributed by atoms with E-state index in [1.54, 1.807) is 0 Å². The van der Waals surface area contributed by atoms with Crippen LogP contribution >= 0.6 is 0 Å². The molecule has 0 N–H and O–H groups in total. The molecular formula is C21H34O. The van der Waals surface area contributed by atoms with Gasteiger partial charge in [0.1, 0.15) is 0 Å². The number of rotatable bonds is 4. The fraction of sp³-hybridized carbons (Fsp3) is 0.571. The van der Waals surface area contributed by atoms with Gasteiger partial charge in [-0.2, -0.15) is 0 Å². The van der Waals surface area contributed by atoms with Crippen molar-refractivity contribution in [1.82, 2.24) is 0 Å². The third-order valence-electron chi connectivity index (χ3n) is 2.99. The van der Waals surface area contributed by atoms with Crippen LogP contribution in [0.5, 0.6) is 0 Å². The zero-order chi connectivity index (χ0) is 17.4. The topological polar surface area (TPSA) is 17.1 Å². The molecule has 0 heterocycles. The zero-order valence-corrected chi connectivity index (χ0v) is 15.6. The number of benzene rings is 1. The standard InChI is InChI=1S/C10H16O.C9H12.C2H6/c1-4-6-9(3)7-8-10(11)5-2;1-3-9-6-4-5-8(2)7-9;1-2/h9H,4-6H2,1-3H3;4-7H,3H2,1-2H3;1-2H3. The van der Waals surface area contributed by atoms with Crippen LogP contribution in [0.15, 0.2) is 24.3 Å². The maximum Gasteiger partial charge on any atom is 0.205 e. The maximum atomic E-state index is 10.7. The van der Waals surface area contributed by atoms with Gasteiger partial charge < -0.3 is 0 Å². The molecule has 1 aromatic rings. The highest BCUT2D eigenvalue weighted by atomic mass is 16.1. The average Bonchev–Trinajstić information content (AvgIpc) is 2.55. The summed E-state index contributed by atoms with van der Waals surface area (Å²) in [7, 11) is 0. The molecular weight excluding hydrogens is 268 g/mol. The van der Waals surface area contributed by atoms with Crippen molar-refractivity contribution in [3.8, 4) is 11.8 Å². The van der Waals surface area contributed by atoms with Gasteiger partial charge in [-0.3, -0.25) is 4.79 Å². The Morgan fingerprint density at radius 3 is 2.23 bits per heavy atom. The van der Waals surface area contributed by atoms with Crippen molar-refractivity contribution in [2.75, 3.05) is 0 Å². The Bertz CT molecular complexity index is 448. The molecule has 0 amide bonds. The van der Waals surface area contributed by atoms with Crippen LogP contribution in [0.25, 0.3) is 0 Å². The van der Waals surface area contributed by atoms with Crippen LogP contribution in [0.3, 0.4) is 0 Å². The first-order chi connectivity index (χ1) is 10.5. The van der Waals surface area contributed by atoms with Crippen molar-refractivity contribution in [2.24, 2.45) is 5.92 Å². The predicted octanol–water partition coefficient (Wildman–Crippen LogP) is 5.99. The highest BCUT2D eigenvalue weighted by molar-refractivity contribution is 5.95. The molecule has 1 rings (SSSR count). The van der Waals surface area contributed by atoms with Crippen LogP contribution in [-0.2, 0) is 11.2 Å². The lowest BCUT2D eigenvalue weighted by atomic mass is 10.1. The number of carbonyl (C=O) groups excluding carboxylic acids is 1. The van der Waals surface area contributed by atoms with E-state index in [0.29, 0.717) is 12.3 Å². The van der Waals surface area contributed by atoms with E-state index >= 15 is 0 Å². The minimum Gasteiger partial charge on any atom is -0.285 e. The molecule has 1 heteroatoms. The summed E-state index contributed by atoms with van der Waals surface area (Å²) < 4.78 is 0. The minimum absolute atomic E-state index is 0.0490. The summed E-state index contributed by atoms with van der Waals surface area (Å²) in [6.45, 7) is 14.3. The molecule has 22 heavy (non-hydrogen) atoms. The molecule has 0 aliphatic heterocycles. The lowest BCUT2D eigenvalue weighted by Gasteiger charge is -1.97. The monoisotopic (exact) mass is 302 g/mol. The second-order valence-electron chi connectivity index (χ2n) is 5.08. The number of hydrogen-bond donors (Lipinski definition) is 0. The van der Waals surface area contributed by atoms with Gasteiger partial charge in [-0.05, 0) is 31.2 Å². The first kappa shape index (κ1) is 22.7. The van der Waals surface area contributed by atoms with Crippen molar-refractivity contribution in [3.05, 3.63) is 35.4 Å². The van der Waals surface area contributed by atoms with Crippen molar-refractivity contribution < 1.29 is 4.79 Å². The second-order valence-corrected chi connectivity index (χ2v) is 5.08. The van der Waals surface area contributed by atoms with Gasteiger partial charge in [0.05, 0.1) is 0 Å². The molecule has 0 fully saturated rings. The lowest BCUT2D eigenvalue weighted by Crippen LogP contribution is -1.92. The average molecular weight is 303 g/mol. The van der Waals surface area contributed by atoms with Gasteiger partial charge >= 0.3 is 0 Å². The van der Waals surface area contributed by atoms with E-state index in [9.17, 15) is 4.79 Å². The molecule has 0 aliphatic rings. The van der Waals surface area contributed by atoms with E-state index in [4.69, 9.17) is 0 Å². The molecule has 0 saturated carbocycles. The quantitative estimate of drug-likeness (QED) is 0.493. The van der Waals surface area contributed by atoms with Crippen molar-refractivity contribution in [3.63, 3.8) is 0 Å². The maximum absolute atomic E-state index is 10.7. The van der Waals surface area contributed by atoms with Crippen LogP contribution in [0.4, 0.5) is 0 Å². The van der Waals surface area contributed by atoms with Gasteiger partial charge in [-0.15, -0.1) is 0 Å². The van der Waals surface area contributed by atoms with Gasteiger partial charge in [0.2, 0.25) is 5.78 Å². The van der Waals surface area contributed by atoms with Gasteiger partial charge in [-0.25, -0.2) is 0 Å². The third kappa shape index (κ3) is 13.4. The number of ketones is 1. The normalized spacial score (nSPS) is 9.95. The number of hydrogen-bond acceptors (Lipinski definition) is 1. The zero-order valence-electron chi connectivity index (χ0n) is 15.6. The first-order valence-corrected chi connectivity index (χ1v) is 8.63. The Labute approximate surface area is 138 Å². The SMILES string of the molecule is CC.CCCC(C)C#CC(=O)CC.CCc1cccc(C)c1. The highest BCUT2D eigenvalue weighted by Gasteiger charge is 1.94. The Kier molecular flexibility index (Phi) is 16.4. The molecule has 0 aromatic heterocycles. The van der Waals surface area contributed by atoms with E-state index < -0.39 is 0 Å². The number of aryl methyl sites for hydroxylation is 2. The van der Waals surface area contributed by atoms with Crippen molar-refractivity contribution in [2.45, 2.75) is 74.1 Å². The fourth-order valence-corrected chi connectivity index (χ4v) is 1.73. The summed E-state index contributed by atoms with van der Waals surface area (Å²) >= 11 is 0. The van der Waals surface area contributed by atoms with Crippen LogP contribution in [-0.4, -0.2) is 5.78 Å². The number of Topliss-reactive ketones (excluding diaryl/α,β-unsaturated/α-hetero) is 1. The number of carbonyl (C=O) groups is 1. The molecule has 1 aromatic carbocycles. The van der Waals surface area contributed by atoms with Gasteiger partial charge in [-0.1, -0.05) is 83.7 Å². The highest BCUT2D eigenvalue weighted by Crippen LogP contribution is 2.03. The Hall–Kier alpha value is -1.55. The molecule has 124 valence electrons. The molecule has 0 spiro atoms. The fourth-order valence-electron chi connectivity index (χ4n) is 1.73. The van der Waals surface area contributed by atoms with Gasteiger partial charge in [0, 0.05) is 12.3 Å². The first-order valence-electron chi connectivity index (χ1n) is 8.63. The smallest absolute Gasteiger partial charge is 0.205 e. The molecule has 0 saturated heterocycles. The van der Waals surface area contributed by atoms with E-state index in [2.05, 4.69) is 63.8 Å². The molecule has 0 bridgehead atoms. The summed E-state index contributed by atoms with van der Waals surface area (Å²) in [6, 6.07) is 8.61. The van der Waals surface area contributed by atoms with E-state index in [0.717, 1.165) is 19.3 Å². The van der Waals surface area contributed by atoms with Gasteiger partial charge in [0.25, 0.3) is 0 Å². The van der Waals surface area contributed by atoms with Crippen LogP contribution in [0, 0.1) is 24.7 Å². The minimum atomic E-state index is 0.0490. The van der Waals surface area contributed by atoms with Crippen LogP contribution in [0.2, 0.25) is 0 Å². The Balaban J connectivity index is 0. The van der Waals surface area contributed by atoms with Crippen LogP contribution < -0.4 is 0 Å². The van der Waals surface area contributed by atoms with Crippen molar-refractivity contribution >= 4 is 5.78 Å². The van der Waals surface area contributed by atoms with E-state index in [1.807, 2.05) is 20.8 Å². The largest absolute Gasteiger partial charge is 0.285 e. The summed E-state index contributed by atoms with van der Waals surface area (Å²) in [5, 5.41) is 0. The third-order valence-corrected chi connectivity index (χ3v) is 2.99. The van der Waals surface area contributed by atoms with E-state index in [1.165, 1.54) is 11.1 Å². The molecule has 0 aliphatic carbocycles. The van der Waals surface area contributed by atoms with E-state index in [-0.39, 0.29) is 5.78 Å². The summed E-state index contributed by atoms with van der Waals surface area (Å²) in [5.41, 5.74) is 2.78. The summed E-state index contributed by atoms with van der Waals surface area (Å²) in [4.78, 5) is 10.7. The molecule has 1 unspecified atom stereocenters. The second kappa shape index (κ2) is 15.8. The predicted molar refractivity (Wildman–Crippen MR) is 99.1 cm³/mol.